The molecule has 5 heteroatoms. The van der Waals surface area contributed by atoms with Crippen LogP contribution in [-0.4, -0.2) is 31.9 Å². The molecule has 1 saturated carbocycles. The van der Waals surface area contributed by atoms with E-state index >= 15 is 0 Å². The fraction of sp³-hybridized carbons (Fsp3) is 1.00. The largest absolute Gasteiger partial charge is 0.401 e. The third-order valence-corrected chi connectivity index (χ3v) is 2.45. The zero-order chi connectivity index (χ0) is 9.90. The Kier molecular flexibility index (Phi) is 3.55. The van der Waals surface area contributed by atoms with E-state index in [0.29, 0.717) is 0 Å². The van der Waals surface area contributed by atoms with Gasteiger partial charge in [0.05, 0.1) is 6.54 Å². The van der Waals surface area contributed by atoms with Crippen molar-refractivity contribution in [2.45, 2.75) is 37.5 Å². The van der Waals surface area contributed by atoms with E-state index in [4.69, 9.17) is 0 Å². The van der Waals surface area contributed by atoms with Crippen LogP contribution in [0.3, 0.4) is 0 Å². The number of likely N-dealkylation sites (N-methyl/N-ethyl adjacent to an activating group) is 1. The summed E-state index contributed by atoms with van der Waals surface area (Å²) < 4.78 is 35.6. The molecule has 0 aromatic rings. The van der Waals surface area contributed by atoms with Gasteiger partial charge in [-0.25, -0.2) is 0 Å². The van der Waals surface area contributed by atoms with Crippen LogP contribution >= 0.6 is 0 Å². The van der Waals surface area contributed by atoms with Gasteiger partial charge in [-0.2, -0.15) is 13.2 Å². The van der Waals surface area contributed by atoms with Crippen LogP contribution in [0.5, 0.6) is 0 Å². The smallest absolute Gasteiger partial charge is 0.315 e. The van der Waals surface area contributed by atoms with E-state index in [1.54, 1.807) is 7.05 Å². The molecule has 1 aliphatic rings. The molecule has 0 radical (unpaired) electrons. The van der Waals surface area contributed by atoms with Gasteiger partial charge in [-0.15, -0.1) is 0 Å². The topological polar surface area (TPSA) is 24.1 Å². The van der Waals surface area contributed by atoms with E-state index in [-0.39, 0.29) is 12.1 Å². The molecule has 0 bridgehead atoms. The van der Waals surface area contributed by atoms with Crippen molar-refractivity contribution >= 4 is 0 Å². The van der Waals surface area contributed by atoms with Gasteiger partial charge >= 0.3 is 6.18 Å². The molecule has 0 aromatic carbocycles. The molecule has 78 valence electrons. The van der Waals surface area contributed by atoms with Crippen molar-refractivity contribution < 1.29 is 13.2 Å². The lowest BCUT2D eigenvalue weighted by molar-refractivity contribution is -0.126. The van der Waals surface area contributed by atoms with Gasteiger partial charge in [0.25, 0.3) is 0 Å². The van der Waals surface area contributed by atoms with Crippen LogP contribution in [0.4, 0.5) is 13.2 Å². The molecule has 0 aromatic heterocycles. The van der Waals surface area contributed by atoms with Crippen molar-refractivity contribution in [3.05, 3.63) is 0 Å². The van der Waals surface area contributed by atoms with E-state index in [2.05, 4.69) is 10.6 Å². The summed E-state index contributed by atoms with van der Waals surface area (Å²) in [6.07, 6.45) is -1.30. The third-order valence-electron chi connectivity index (χ3n) is 2.45. The maximum atomic E-state index is 11.9. The normalized spacial score (nSPS) is 29.5. The summed E-state index contributed by atoms with van der Waals surface area (Å²) in [4.78, 5) is 0. The van der Waals surface area contributed by atoms with E-state index in [1.165, 1.54) is 0 Å². The second-order valence-corrected chi connectivity index (χ2v) is 3.43. The van der Waals surface area contributed by atoms with Gasteiger partial charge in [-0.1, -0.05) is 6.42 Å². The van der Waals surface area contributed by atoms with Crippen molar-refractivity contribution in [2.75, 3.05) is 13.6 Å². The molecule has 2 N–H and O–H groups in total. The molecule has 2 nitrogen and oxygen atoms in total. The summed E-state index contributed by atoms with van der Waals surface area (Å²) in [6, 6.07) is 0.175. The van der Waals surface area contributed by atoms with Gasteiger partial charge in [0, 0.05) is 12.1 Å². The Balaban J connectivity index is 2.28. The molecule has 0 aliphatic heterocycles. The van der Waals surface area contributed by atoms with Gasteiger partial charge in [0.15, 0.2) is 0 Å². The van der Waals surface area contributed by atoms with E-state index in [0.717, 1.165) is 19.3 Å². The highest BCUT2D eigenvalue weighted by Crippen LogP contribution is 2.20. The summed E-state index contributed by atoms with van der Waals surface area (Å²) >= 11 is 0. The van der Waals surface area contributed by atoms with Crippen LogP contribution in [0.15, 0.2) is 0 Å². The van der Waals surface area contributed by atoms with Crippen LogP contribution in [0.25, 0.3) is 0 Å². The van der Waals surface area contributed by atoms with Crippen LogP contribution in [0.1, 0.15) is 19.3 Å². The number of rotatable bonds is 3. The molecule has 13 heavy (non-hydrogen) atoms. The second-order valence-electron chi connectivity index (χ2n) is 3.43. The Morgan fingerprint density at radius 2 is 1.85 bits per heavy atom. The van der Waals surface area contributed by atoms with Crippen molar-refractivity contribution in [1.29, 1.82) is 0 Å². The average molecular weight is 196 g/mol. The monoisotopic (exact) mass is 196 g/mol. The molecule has 0 unspecified atom stereocenters. The highest BCUT2D eigenvalue weighted by atomic mass is 19.4. The minimum atomic E-state index is -4.10. The van der Waals surface area contributed by atoms with Crippen molar-refractivity contribution in [1.82, 2.24) is 10.6 Å². The maximum absolute atomic E-state index is 11.9. The van der Waals surface area contributed by atoms with E-state index < -0.39 is 12.7 Å². The number of halogens is 3. The van der Waals surface area contributed by atoms with Crippen LogP contribution in [0, 0.1) is 0 Å². The second kappa shape index (κ2) is 4.28. The first-order chi connectivity index (χ1) is 6.03. The standard InChI is InChI=1S/C8H15F3N2/c1-12-6-3-2-4-7(6)13-5-8(9,10)11/h6-7,12-13H,2-5H2,1H3/t6-,7+/m1/s1. The average Bonchev–Trinajstić information content (AvgIpc) is 2.46. The zero-order valence-electron chi connectivity index (χ0n) is 7.62. The van der Waals surface area contributed by atoms with Crippen molar-refractivity contribution in [2.24, 2.45) is 0 Å². The quantitative estimate of drug-likeness (QED) is 0.710. The molecular weight excluding hydrogens is 181 g/mol. The van der Waals surface area contributed by atoms with Crippen LogP contribution in [-0.2, 0) is 0 Å². The zero-order valence-corrected chi connectivity index (χ0v) is 7.62. The van der Waals surface area contributed by atoms with Gasteiger partial charge in [0.2, 0.25) is 0 Å². The Morgan fingerprint density at radius 1 is 1.23 bits per heavy atom. The predicted octanol–water partition coefficient (Wildman–Crippen LogP) is 1.28. The Hall–Kier alpha value is -0.290. The van der Waals surface area contributed by atoms with Crippen LogP contribution in [0.2, 0.25) is 0 Å². The van der Waals surface area contributed by atoms with Crippen molar-refractivity contribution in [3.8, 4) is 0 Å². The van der Waals surface area contributed by atoms with Gasteiger partial charge in [-0.3, -0.25) is 0 Å². The molecule has 0 saturated heterocycles. The summed E-state index contributed by atoms with van der Waals surface area (Å²) in [5, 5.41) is 5.56. The van der Waals surface area contributed by atoms with Crippen molar-refractivity contribution in [3.63, 3.8) is 0 Å². The predicted molar refractivity (Wildman–Crippen MR) is 44.5 cm³/mol. The van der Waals surface area contributed by atoms with Gasteiger partial charge < -0.3 is 10.6 Å². The summed E-state index contributed by atoms with van der Waals surface area (Å²) in [5.41, 5.74) is 0. The molecule has 0 spiro atoms. The third kappa shape index (κ3) is 3.52. The minimum absolute atomic E-state index is 0.0216. The number of alkyl halides is 3. The minimum Gasteiger partial charge on any atom is -0.315 e. The molecule has 1 rings (SSSR count). The molecule has 0 amide bonds. The highest BCUT2D eigenvalue weighted by Gasteiger charge is 2.31. The van der Waals surface area contributed by atoms with E-state index in [9.17, 15) is 13.2 Å². The first-order valence-corrected chi connectivity index (χ1v) is 4.50. The number of hydrogen-bond acceptors (Lipinski definition) is 2. The lowest BCUT2D eigenvalue weighted by Gasteiger charge is -2.21. The fourth-order valence-electron chi connectivity index (χ4n) is 1.80. The Bertz CT molecular complexity index is 158. The van der Waals surface area contributed by atoms with E-state index in [1.807, 2.05) is 0 Å². The summed E-state index contributed by atoms with van der Waals surface area (Å²) in [7, 11) is 1.79. The number of nitrogens with one attached hydrogen (secondary N) is 2. The molecule has 0 heterocycles. The first-order valence-electron chi connectivity index (χ1n) is 4.50. The highest BCUT2D eigenvalue weighted by molar-refractivity contribution is 4.87. The summed E-state index contributed by atoms with van der Waals surface area (Å²) in [5.74, 6) is 0. The molecule has 1 fully saturated rings. The molecular formula is C8H15F3N2. The summed E-state index contributed by atoms with van der Waals surface area (Å²) in [6.45, 7) is -0.879. The van der Waals surface area contributed by atoms with Crippen LogP contribution < -0.4 is 10.6 Å². The first kappa shape index (κ1) is 10.8. The Morgan fingerprint density at radius 3 is 2.38 bits per heavy atom. The Labute approximate surface area is 75.9 Å². The maximum Gasteiger partial charge on any atom is 0.401 e. The van der Waals surface area contributed by atoms with Gasteiger partial charge in [-0.05, 0) is 19.9 Å². The SMILES string of the molecule is CN[C@@H]1CCC[C@@H]1NCC(F)(F)F. The molecule has 1 aliphatic carbocycles. The number of hydrogen-bond donors (Lipinski definition) is 2. The lowest BCUT2D eigenvalue weighted by atomic mass is 10.2. The molecule has 2 atom stereocenters. The lowest BCUT2D eigenvalue weighted by Crippen LogP contribution is -2.46. The fourth-order valence-corrected chi connectivity index (χ4v) is 1.80. The van der Waals surface area contributed by atoms with Gasteiger partial charge in [0.1, 0.15) is 0 Å².